The molecule has 0 atom stereocenters. The van der Waals surface area contributed by atoms with Crippen LogP contribution in [0.1, 0.15) is 31.9 Å². The van der Waals surface area contributed by atoms with Gasteiger partial charge in [0.2, 0.25) is 0 Å². The molecule has 3 nitrogen and oxygen atoms in total. The molecule has 0 saturated carbocycles. The first-order valence-electron chi connectivity index (χ1n) is 6.30. The molecule has 1 aromatic heterocycles. The number of rotatable bonds is 5. The molecule has 0 spiro atoms. The van der Waals surface area contributed by atoms with Crippen LogP contribution in [0.25, 0.3) is 0 Å². The number of anilines is 1. The van der Waals surface area contributed by atoms with Gasteiger partial charge in [-0.1, -0.05) is 6.92 Å². The van der Waals surface area contributed by atoms with Crippen molar-refractivity contribution in [2.45, 2.75) is 32.7 Å². The average molecular weight is 219 g/mol. The van der Waals surface area contributed by atoms with Gasteiger partial charge < -0.3 is 10.2 Å². The molecule has 1 aliphatic rings. The average Bonchev–Trinajstić information content (AvgIpc) is 2.83. The Kier molecular flexibility index (Phi) is 4.17. The Morgan fingerprint density at radius 2 is 2.19 bits per heavy atom. The summed E-state index contributed by atoms with van der Waals surface area (Å²) in [7, 11) is 0. The van der Waals surface area contributed by atoms with E-state index in [9.17, 15) is 0 Å². The summed E-state index contributed by atoms with van der Waals surface area (Å²) in [6.45, 7) is 6.53. The first kappa shape index (κ1) is 11.4. The van der Waals surface area contributed by atoms with Crippen LogP contribution in [0, 0.1) is 0 Å². The summed E-state index contributed by atoms with van der Waals surface area (Å²) < 4.78 is 0. The monoisotopic (exact) mass is 219 g/mol. The van der Waals surface area contributed by atoms with Gasteiger partial charge in [-0.3, -0.25) is 4.98 Å². The molecular weight excluding hydrogens is 198 g/mol. The number of hydrogen-bond donors (Lipinski definition) is 1. The van der Waals surface area contributed by atoms with E-state index in [2.05, 4.69) is 34.3 Å². The van der Waals surface area contributed by atoms with Gasteiger partial charge in [0.05, 0.1) is 5.69 Å². The van der Waals surface area contributed by atoms with E-state index in [0.29, 0.717) is 0 Å². The predicted molar refractivity (Wildman–Crippen MR) is 67.7 cm³/mol. The van der Waals surface area contributed by atoms with Gasteiger partial charge in [-0.05, 0) is 37.9 Å². The highest BCUT2D eigenvalue weighted by Gasteiger charge is 2.12. The van der Waals surface area contributed by atoms with Crippen LogP contribution in [-0.4, -0.2) is 24.6 Å². The minimum atomic E-state index is 0.884. The Labute approximate surface area is 97.9 Å². The third-order valence-corrected chi connectivity index (χ3v) is 3.00. The molecule has 2 heterocycles. The maximum atomic E-state index is 4.39. The summed E-state index contributed by atoms with van der Waals surface area (Å²) >= 11 is 0. The molecule has 0 bridgehead atoms. The van der Waals surface area contributed by atoms with Crippen LogP contribution in [0.2, 0.25) is 0 Å². The first-order valence-corrected chi connectivity index (χ1v) is 6.30. The molecule has 88 valence electrons. The zero-order valence-corrected chi connectivity index (χ0v) is 10.1. The second-order valence-corrected chi connectivity index (χ2v) is 4.38. The third kappa shape index (κ3) is 2.95. The molecule has 0 radical (unpaired) electrons. The minimum absolute atomic E-state index is 0.884. The summed E-state index contributed by atoms with van der Waals surface area (Å²) in [4.78, 5) is 6.84. The second-order valence-electron chi connectivity index (χ2n) is 4.38. The van der Waals surface area contributed by atoms with Crippen molar-refractivity contribution in [3.05, 3.63) is 24.0 Å². The Morgan fingerprint density at radius 1 is 1.38 bits per heavy atom. The van der Waals surface area contributed by atoms with Crippen molar-refractivity contribution in [1.29, 1.82) is 0 Å². The second kappa shape index (κ2) is 5.85. The Balaban J connectivity index is 1.95. The highest BCUT2D eigenvalue weighted by molar-refractivity contribution is 5.47. The first-order chi connectivity index (χ1) is 7.90. The van der Waals surface area contributed by atoms with Crippen LogP contribution in [-0.2, 0) is 6.54 Å². The molecule has 1 fully saturated rings. The molecule has 2 rings (SSSR count). The normalized spacial score (nSPS) is 15.7. The lowest BCUT2D eigenvalue weighted by Crippen LogP contribution is -2.19. The number of aromatic nitrogens is 1. The lowest BCUT2D eigenvalue weighted by molar-refractivity contribution is 0.664. The van der Waals surface area contributed by atoms with Crippen molar-refractivity contribution in [3.63, 3.8) is 0 Å². The number of pyridine rings is 1. The molecule has 1 N–H and O–H groups in total. The largest absolute Gasteiger partial charge is 0.371 e. The van der Waals surface area contributed by atoms with Gasteiger partial charge in [-0.2, -0.15) is 0 Å². The van der Waals surface area contributed by atoms with E-state index in [0.717, 1.165) is 18.8 Å². The van der Waals surface area contributed by atoms with E-state index < -0.39 is 0 Å². The van der Waals surface area contributed by atoms with E-state index in [4.69, 9.17) is 0 Å². The lowest BCUT2D eigenvalue weighted by Gasteiger charge is -2.18. The lowest BCUT2D eigenvalue weighted by atomic mass is 10.3. The number of hydrogen-bond acceptors (Lipinski definition) is 3. The zero-order valence-electron chi connectivity index (χ0n) is 10.1. The summed E-state index contributed by atoms with van der Waals surface area (Å²) in [5.74, 6) is 0. The van der Waals surface area contributed by atoms with Crippen LogP contribution in [0.15, 0.2) is 18.3 Å². The molecule has 3 heteroatoms. The maximum absolute atomic E-state index is 4.39. The van der Waals surface area contributed by atoms with Crippen LogP contribution in [0.4, 0.5) is 5.69 Å². The Hall–Kier alpha value is -1.09. The highest BCUT2D eigenvalue weighted by atomic mass is 15.1. The fraction of sp³-hybridized carbons (Fsp3) is 0.615. The van der Waals surface area contributed by atoms with Crippen molar-refractivity contribution in [2.24, 2.45) is 0 Å². The molecular formula is C13H21N3. The van der Waals surface area contributed by atoms with E-state index in [1.54, 1.807) is 0 Å². The van der Waals surface area contributed by atoms with E-state index in [1.807, 2.05) is 6.20 Å². The third-order valence-electron chi connectivity index (χ3n) is 3.00. The van der Waals surface area contributed by atoms with Gasteiger partial charge in [0.25, 0.3) is 0 Å². The SMILES string of the molecule is CCCNCc1cc(N2CCCC2)ccn1. The fourth-order valence-corrected chi connectivity index (χ4v) is 2.13. The van der Waals surface area contributed by atoms with Crippen LogP contribution in [0.5, 0.6) is 0 Å². The fourth-order valence-electron chi connectivity index (χ4n) is 2.13. The molecule has 0 amide bonds. The van der Waals surface area contributed by atoms with E-state index in [-0.39, 0.29) is 0 Å². The summed E-state index contributed by atoms with van der Waals surface area (Å²) in [5.41, 5.74) is 2.48. The molecule has 1 aromatic rings. The quantitative estimate of drug-likeness (QED) is 0.769. The van der Waals surface area contributed by atoms with Gasteiger partial charge in [-0.15, -0.1) is 0 Å². The van der Waals surface area contributed by atoms with Crippen LogP contribution < -0.4 is 10.2 Å². The van der Waals surface area contributed by atoms with Gasteiger partial charge in [-0.25, -0.2) is 0 Å². The van der Waals surface area contributed by atoms with Crippen molar-refractivity contribution in [1.82, 2.24) is 10.3 Å². The maximum Gasteiger partial charge on any atom is 0.0562 e. The topological polar surface area (TPSA) is 28.2 Å². The zero-order chi connectivity index (χ0) is 11.2. The summed E-state index contributed by atoms with van der Waals surface area (Å²) in [6, 6.07) is 4.34. The van der Waals surface area contributed by atoms with Crippen molar-refractivity contribution >= 4 is 5.69 Å². The van der Waals surface area contributed by atoms with Crippen LogP contribution >= 0.6 is 0 Å². The molecule has 1 aliphatic heterocycles. The van der Waals surface area contributed by atoms with Crippen molar-refractivity contribution < 1.29 is 0 Å². The number of nitrogens with one attached hydrogen (secondary N) is 1. The van der Waals surface area contributed by atoms with E-state index in [1.165, 1.54) is 38.0 Å². The van der Waals surface area contributed by atoms with Gasteiger partial charge in [0, 0.05) is 31.5 Å². The minimum Gasteiger partial charge on any atom is -0.371 e. The molecule has 0 unspecified atom stereocenters. The molecule has 0 aromatic carbocycles. The molecule has 16 heavy (non-hydrogen) atoms. The summed E-state index contributed by atoms with van der Waals surface area (Å²) in [6.07, 6.45) is 5.75. The smallest absolute Gasteiger partial charge is 0.0562 e. The van der Waals surface area contributed by atoms with Crippen LogP contribution in [0.3, 0.4) is 0 Å². The van der Waals surface area contributed by atoms with Crippen molar-refractivity contribution in [3.8, 4) is 0 Å². The Bertz CT molecular complexity index is 319. The Morgan fingerprint density at radius 3 is 2.94 bits per heavy atom. The highest BCUT2D eigenvalue weighted by Crippen LogP contribution is 2.19. The molecule has 1 saturated heterocycles. The van der Waals surface area contributed by atoms with Gasteiger partial charge in [0.1, 0.15) is 0 Å². The standard InChI is InChI=1S/C13H21N3/c1-2-6-14-11-12-10-13(5-7-15-12)16-8-3-4-9-16/h5,7,10,14H,2-4,6,8-9,11H2,1H3. The summed E-state index contributed by atoms with van der Waals surface area (Å²) in [5, 5.41) is 3.39. The van der Waals surface area contributed by atoms with E-state index >= 15 is 0 Å². The van der Waals surface area contributed by atoms with Gasteiger partial charge in [0.15, 0.2) is 0 Å². The van der Waals surface area contributed by atoms with Gasteiger partial charge >= 0.3 is 0 Å². The predicted octanol–water partition coefficient (Wildman–Crippen LogP) is 2.18. The molecule has 0 aliphatic carbocycles. The van der Waals surface area contributed by atoms with Crippen molar-refractivity contribution in [2.75, 3.05) is 24.5 Å². The number of nitrogens with zero attached hydrogens (tertiary/aromatic N) is 2.